The van der Waals surface area contributed by atoms with Gasteiger partial charge in [0.05, 0.1) is 13.7 Å². The summed E-state index contributed by atoms with van der Waals surface area (Å²) >= 11 is 0. The number of amides is 1. The van der Waals surface area contributed by atoms with Gasteiger partial charge in [-0.2, -0.15) is 0 Å². The molecule has 0 saturated carbocycles. The van der Waals surface area contributed by atoms with Crippen LogP contribution in [0.1, 0.15) is 44.7 Å². The van der Waals surface area contributed by atoms with Crippen LogP contribution in [-0.4, -0.2) is 73.0 Å². The number of methoxy groups -OCH3 is 1. The molecule has 5 nitrogen and oxygen atoms in total. The minimum atomic E-state index is 0.312. The summed E-state index contributed by atoms with van der Waals surface area (Å²) in [5, 5.41) is 0. The number of ether oxygens (including phenoxy) is 1. The quantitative estimate of drug-likeness (QED) is 0.810. The predicted octanol–water partition coefficient (Wildman–Crippen LogP) is 2.77. The normalized spacial score (nSPS) is 23.7. The molecule has 2 atom stereocenters. The minimum Gasteiger partial charge on any atom is -0.497 e. The molecule has 2 saturated heterocycles. The third-order valence-corrected chi connectivity index (χ3v) is 6.01. The minimum absolute atomic E-state index is 0.312. The molecule has 0 aromatic heterocycles. The van der Waals surface area contributed by atoms with E-state index in [2.05, 4.69) is 46.7 Å². The molecule has 1 amide bonds. The van der Waals surface area contributed by atoms with Gasteiger partial charge in [0.25, 0.3) is 0 Å². The first-order valence-corrected chi connectivity index (χ1v) is 9.98. The highest BCUT2D eigenvalue weighted by molar-refractivity contribution is 5.78. The van der Waals surface area contributed by atoms with Crippen LogP contribution < -0.4 is 4.74 Å². The number of carbonyl (C=O) groups excluding carboxylic acids is 1. The third-order valence-electron chi connectivity index (χ3n) is 6.01. The lowest BCUT2D eigenvalue weighted by Crippen LogP contribution is -2.52. The summed E-state index contributed by atoms with van der Waals surface area (Å²) in [6, 6.07) is 9.11. The summed E-state index contributed by atoms with van der Waals surface area (Å²) < 4.78 is 5.35. The van der Waals surface area contributed by atoms with Gasteiger partial charge in [0.2, 0.25) is 5.91 Å². The maximum absolute atomic E-state index is 12.6. The van der Waals surface area contributed by atoms with E-state index in [1.165, 1.54) is 12.0 Å². The molecule has 0 aliphatic carbocycles. The Kier molecular flexibility index (Phi) is 6.54. The van der Waals surface area contributed by atoms with Gasteiger partial charge in [-0.3, -0.25) is 14.6 Å². The topological polar surface area (TPSA) is 36.0 Å². The first kappa shape index (κ1) is 19.2. The molecule has 1 aromatic rings. The van der Waals surface area contributed by atoms with Crippen molar-refractivity contribution in [2.75, 3.05) is 46.4 Å². The monoisotopic (exact) mass is 359 g/mol. The number of likely N-dealkylation sites (tertiary alicyclic amines) is 1. The number of benzene rings is 1. The van der Waals surface area contributed by atoms with Crippen molar-refractivity contribution in [2.24, 2.45) is 0 Å². The fourth-order valence-electron chi connectivity index (χ4n) is 4.17. The Morgan fingerprint density at radius 3 is 2.65 bits per heavy atom. The van der Waals surface area contributed by atoms with Gasteiger partial charge in [0.15, 0.2) is 0 Å². The lowest BCUT2D eigenvalue weighted by atomic mass is 10.0. The Balaban J connectivity index is 1.49. The standard InChI is InChI=1S/C21H33N3O2/c1-17-7-4-5-10-24(17)21(25)16-22-11-13-23(14-12-22)18(2)19-8-6-9-20(15-19)26-3/h6,8-9,15,17-18H,4-5,7,10-14,16H2,1-3H3/t17-,18+/m1/s1. The van der Waals surface area contributed by atoms with Gasteiger partial charge in [-0.15, -0.1) is 0 Å². The largest absolute Gasteiger partial charge is 0.497 e. The van der Waals surface area contributed by atoms with E-state index < -0.39 is 0 Å². The Morgan fingerprint density at radius 1 is 1.19 bits per heavy atom. The van der Waals surface area contributed by atoms with E-state index in [1.807, 2.05) is 6.07 Å². The van der Waals surface area contributed by atoms with Gasteiger partial charge >= 0.3 is 0 Å². The number of nitrogens with zero attached hydrogens (tertiary/aromatic N) is 3. The highest BCUT2D eigenvalue weighted by Gasteiger charge is 2.27. The smallest absolute Gasteiger partial charge is 0.236 e. The second kappa shape index (κ2) is 8.87. The van der Waals surface area contributed by atoms with Crippen LogP contribution in [0.4, 0.5) is 0 Å². The van der Waals surface area contributed by atoms with Crippen molar-refractivity contribution in [2.45, 2.75) is 45.2 Å². The Labute approximate surface area is 157 Å². The molecule has 1 aromatic carbocycles. The van der Waals surface area contributed by atoms with Crippen LogP contribution in [0.25, 0.3) is 0 Å². The maximum atomic E-state index is 12.6. The summed E-state index contributed by atoms with van der Waals surface area (Å²) in [5.41, 5.74) is 1.29. The van der Waals surface area contributed by atoms with E-state index in [0.29, 0.717) is 24.5 Å². The van der Waals surface area contributed by atoms with Gasteiger partial charge in [-0.25, -0.2) is 0 Å². The highest BCUT2D eigenvalue weighted by atomic mass is 16.5. The molecule has 2 fully saturated rings. The molecule has 0 unspecified atom stereocenters. The van der Waals surface area contributed by atoms with E-state index in [4.69, 9.17) is 4.74 Å². The molecule has 5 heteroatoms. The van der Waals surface area contributed by atoms with Gasteiger partial charge in [0, 0.05) is 44.8 Å². The second-order valence-electron chi connectivity index (χ2n) is 7.70. The zero-order chi connectivity index (χ0) is 18.5. The van der Waals surface area contributed by atoms with E-state index in [-0.39, 0.29) is 0 Å². The molecule has 2 heterocycles. The molecule has 0 bridgehead atoms. The van der Waals surface area contributed by atoms with Crippen LogP contribution in [0, 0.1) is 0 Å². The van der Waals surface area contributed by atoms with Gasteiger partial charge < -0.3 is 9.64 Å². The molecule has 2 aliphatic rings. The number of hydrogen-bond acceptors (Lipinski definition) is 4. The fourth-order valence-corrected chi connectivity index (χ4v) is 4.17. The Bertz CT molecular complexity index is 599. The van der Waals surface area contributed by atoms with Crippen molar-refractivity contribution in [3.05, 3.63) is 29.8 Å². The summed E-state index contributed by atoms with van der Waals surface area (Å²) in [6.07, 6.45) is 3.56. The third kappa shape index (κ3) is 4.57. The summed E-state index contributed by atoms with van der Waals surface area (Å²) in [4.78, 5) is 19.6. The maximum Gasteiger partial charge on any atom is 0.236 e. The van der Waals surface area contributed by atoms with E-state index in [9.17, 15) is 4.79 Å². The van der Waals surface area contributed by atoms with Crippen LogP contribution in [0.15, 0.2) is 24.3 Å². The first-order valence-electron chi connectivity index (χ1n) is 9.98. The van der Waals surface area contributed by atoms with Crippen LogP contribution in [0.5, 0.6) is 5.75 Å². The molecule has 0 spiro atoms. The number of hydrogen-bond donors (Lipinski definition) is 0. The van der Waals surface area contributed by atoms with Crippen molar-refractivity contribution >= 4 is 5.91 Å². The highest BCUT2D eigenvalue weighted by Crippen LogP contribution is 2.25. The summed E-state index contributed by atoms with van der Waals surface area (Å²) in [5.74, 6) is 1.22. The van der Waals surface area contributed by atoms with Gasteiger partial charge in [0.1, 0.15) is 5.75 Å². The van der Waals surface area contributed by atoms with Crippen LogP contribution in [-0.2, 0) is 4.79 Å². The Hall–Kier alpha value is -1.59. The van der Waals surface area contributed by atoms with Crippen LogP contribution in [0.3, 0.4) is 0 Å². The Morgan fingerprint density at radius 2 is 1.96 bits per heavy atom. The molecule has 2 aliphatic heterocycles. The van der Waals surface area contributed by atoms with Gasteiger partial charge in [-0.1, -0.05) is 12.1 Å². The molecular weight excluding hydrogens is 326 g/mol. The molecule has 3 rings (SSSR count). The average Bonchev–Trinajstić information content (AvgIpc) is 2.68. The molecule has 0 radical (unpaired) electrons. The number of rotatable bonds is 5. The fraction of sp³-hybridized carbons (Fsp3) is 0.667. The molecule has 144 valence electrons. The van der Waals surface area contributed by atoms with Crippen molar-refractivity contribution in [1.29, 1.82) is 0 Å². The zero-order valence-electron chi connectivity index (χ0n) is 16.5. The average molecular weight is 360 g/mol. The predicted molar refractivity (Wildman–Crippen MR) is 104 cm³/mol. The number of piperidine rings is 1. The number of piperazine rings is 1. The van der Waals surface area contributed by atoms with Gasteiger partial charge in [-0.05, 0) is 50.8 Å². The van der Waals surface area contributed by atoms with Crippen molar-refractivity contribution in [3.63, 3.8) is 0 Å². The summed E-state index contributed by atoms with van der Waals surface area (Å²) in [7, 11) is 1.71. The molecular formula is C21H33N3O2. The van der Waals surface area contributed by atoms with Crippen molar-refractivity contribution in [1.82, 2.24) is 14.7 Å². The van der Waals surface area contributed by atoms with E-state index in [0.717, 1.165) is 51.3 Å². The van der Waals surface area contributed by atoms with Crippen molar-refractivity contribution in [3.8, 4) is 5.75 Å². The SMILES string of the molecule is COc1cccc([C@H](C)N2CCN(CC(=O)N3CCCC[C@H]3C)CC2)c1. The zero-order valence-corrected chi connectivity index (χ0v) is 16.5. The lowest BCUT2D eigenvalue weighted by molar-refractivity contribution is -0.136. The molecule has 26 heavy (non-hydrogen) atoms. The van der Waals surface area contributed by atoms with Crippen LogP contribution in [0.2, 0.25) is 0 Å². The lowest BCUT2D eigenvalue weighted by Gasteiger charge is -2.40. The molecule has 0 N–H and O–H groups in total. The van der Waals surface area contributed by atoms with E-state index >= 15 is 0 Å². The first-order chi connectivity index (χ1) is 12.6. The summed E-state index contributed by atoms with van der Waals surface area (Å²) in [6.45, 7) is 9.88. The number of carbonyl (C=O) groups is 1. The van der Waals surface area contributed by atoms with Crippen molar-refractivity contribution < 1.29 is 9.53 Å². The second-order valence-corrected chi connectivity index (χ2v) is 7.70. The van der Waals surface area contributed by atoms with E-state index in [1.54, 1.807) is 7.11 Å². The van der Waals surface area contributed by atoms with Crippen LogP contribution >= 0.6 is 0 Å².